The Morgan fingerprint density at radius 2 is 1.89 bits per heavy atom. The van der Waals surface area contributed by atoms with Crippen molar-refractivity contribution in [2.45, 2.75) is 19.4 Å². The molecule has 2 rings (SSSR count). The highest BCUT2D eigenvalue weighted by Crippen LogP contribution is 2.20. The van der Waals surface area contributed by atoms with Gasteiger partial charge < -0.3 is 10.6 Å². The Morgan fingerprint density at radius 3 is 2.44 bits per heavy atom. The molecule has 0 bridgehead atoms. The predicted octanol–water partition coefficient (Wildman–Crippen LogP) is 1.11. The van der Waals surface area contributed by atoms with Crippen LogP contribution in [0.5, 0.6) is 0 Å². The van der Waals surface area contributed by atoms with Gasteiger partial charge >= 0.3 is 0 Å². The number of piperazine rings is 1. The van der Waals surface area contributed by atoms with Gasteiger partial charge in [0.05, 0.1) is 0 Å². The molecular weight excluding hydrogens is 224 g/mol. The van der Waals surface area contributed by atoms with Crippen molar-refractivity contribution in [3.63, 3.8) is 0 Å². The summed E-state index contributed by atoms with van der Waals surface area (Å²) in [6.07, 6.45) is 4.95. The predicted molar refractivity (Wildman–Crippen MR) is 74.3 cm³/mol. The lowest BCUT2D eigenvalue weighted by molar-refractivity contribution is 0.0985. The highest BCUT2D eigenvalue weighted by atomic mass is 15.3. The van der Waals surface area contributed by atoms with E-state index in [0.717, 1.165) is 26.2 Å². The van der Waals surface area contributed by atoms with Crippen molar-refractivity contribution in [2.75, 3.05) is 39.3 Å². The van der Waals surface area contributed by atoms with Crippen molar-refractivity contribution in [3.8, 4) is 0 Å². The van der Waals surface area contributed by atoms with Crippen LogP contribution in [0.25, 0.3) is 0 Å². The zero-order chi connectivity index (χ0) is 12.8. The summed E-state index contributed by atoms with van der Waals surface area (Å²) in [5, 5.41) is 0. The zero-order valence-electron chi connectivity index (χ0n) is 11.3. The molecule has 100 valence electrons. The maximum absolute atomic E-state index is 5.95. The molecule has 0 aliphatic carbocycles. The summed E-state index contributed by atoms with van der Waals surface area (Å²) < 4.78 is 0. The minimum atomic E-state index is 0.344. The molecule has 2 heterocycles. The fourth-order valence-corrected chi connectivity index (χ4v) is 2.70. The second kappa shape index (κ2) is 6.83. The van der Waals surface area contributed by atoms with E-state index in [1.165, 1.54) is 18.5 Å². The summed E-state index contributed by atoms with van der Waals surface area (Å²) >= 11 is 0. The van der Waals surface area contributed by atoms with Gasteiger partial charge in [-0.05, 0) is 30.7 Å². The molecule has 2 N–H and O–H groups in total. The van der Waals surface area contributed by atoms with E-state index in [0.29, 0.717) is 12.6 Å². The molecule has 1 aromatic rings. The van der Waals surface area contributed by atoms with E-state index < -0.39 is 0 Å². The summed E-state index contributed by atoms with van der Waals surface area (Å²) in [4.78, 5) is 9.12. The van der Waals surface area contributed by atoms with E-state index in [1.54, 1.807) is 0 Å². The molecule has 0 saturated carbocycles. The number of pyridine rings is 1. The molecular formula is C14H24N4. The number of aromatic nitrogens is 1. The number of hydrogen-bond donors (Lipinski definition) is 1. The van der Waals surface area contributed by atoms with E-state index >= 15 is 0 Å². The van der Waals surface area contributed by atoms with Crippen LogP contribution in [0.4, 0.5) is 0 Å². The molecule has 4 heteroatoms. The van der Waals surface area contributed by atoms with Gasteiger partial charge in [-0.2, -0.15) is 0 Å². The topological polar surface area (TPSA) is 45.4 Å². The summed E-state index contributed by atoms with van der Waals surface area (Å²) in [5.74, 6) is 0. The van der Waals surface area contributed by atoms with E-state index in [9.17, 15) is 0 Å². The molecule has 1 fully saturated rings. The molecule has 0 amide bonds. The van der Waals surface area contributed by atoms with Crippen molar-refractivity contribution >= 4 is 0 Å². The summed E-state index contributed by atoms with van der Waals surface area (Å²) in [6.45, 7) is 8.69. The first-order valence-electron chi connectivity index (χ1n) is 6.91. The minimum absolute atomic E-state index is 0.344. The zero-order valence-corrected chi connectivity index (χ0v) is 11.3. The molecule has 1 atom stereocenters. The molecule has 18 heavy (non-hydrogen) atoms. The third kappa shape index (κ3) is 3.28. The Labute approximate surface area is 110 Å². The first-order valence-corrected chi connectivity index (χ1v) is 6.91. The first-order chi connectivity index (χ1) is 8.85. The molecule has 1 saturated heterocycles. The highest BCUT2D eigenvalue weighted by molar-refractivity contribution is 5.15. The molecule has 1 unspecified atom stereocenters. The maximum atomic E-state index is 5.95. The fourth-order valence-electron chi connectivity index (χ4n) is 2.70. The van der Waals surface area contributed by atoms with Gasteiger partial charge in [-0.25, -0.2) is 0 Å². The lowest BCUT2D eigenvalue weighted by atomic mass is 10.1. The normalized spacial score (nSPS) is 19.9. The summed E-state index contributed by atoms with van der Waals surface area (Å²) in [7, 11) is 0. The van der Waals surface area contributed by atoms with Gasteiger partial charge in [0.1, 0.15) is 0 Å². The lowest BCUT2D eigenvalue weighted by Gasteiger charge is -2.39. The van der Waals surface area contributed by atoms with Crippen molar-refractivity contribution < 1.29 is 0 Å². The second-order valence-electron chi connectivity index (χ2n) is 4.91. The van der Waals surface area contributed by atoms with Crippen molar-refractivity contribution in [1.82, 2.24) is 14.8 Å². The van der Waals surface area contributed by atoms with Crippen LogP contribution in [-0.2, 0) is 0 Å². The Kier molecular flexibility index (Phi) is 5.11. The van der Waals surface area contributed by atoms with Gasteiger partial charge in [-0.3, -0.25) is 9.88 Å². The van der Waals surface area contributed by atoms with Gasteiger partial charge in [-0.1, -0.05) is 6.92 Å². The number of nitrogens with zero attached hydrogens (tertiary/aromatic N) is 3. The monoisotopic (exact) mass is 248 g/mol. The fraction of sp³-hybridized carbons (Fsp3) is 0.643. The summed E-state index contributed by atoms with van der Waals surface area (Å²) in [6, 6.07) is 4.50. The van der Waals surface area contributed by atoms with E-state index in [2.05, 4.69) is 33.8 Å². The Bertz CT molecular complexity index is 333. The molecule has 1 aromatic heterocycles. The molecule has 4 nitrogen and oxygen atoms in total. The van der Waals surface area contributed by atoms with E-state index in [4.69, 9.17) is 5.73 Å². The SMILES string of the molecule is CCCN1CCN(C(CN)c2ccncc2)CC1. The van der Waals surface area contributed by atoms with Crippen LogP contribution in [0.3, 0.4) is 0 Å². The van der Waals surface area contributed by atoms with Crippen LogP contribution in [0.2, 0.25) is 0 Å². The van der Waals surface area contributed by atoms with Crippen LogP contribution < -0.4 is 5.73 Å². The molecule has 1 aliphatic heterocycles. The molecule has 1 aliphatic rings. The smallest absolute Gasteiger partial charge is 0.0472 e. The van der Waals surface area contributed by atoms with Crippen LogP contribution in [-0.4, -0.2) is 54.1 Å². The van der Waals surface area contributed by atoms with Crippen molar-refractivity contribution in [3.05, 3.63) is 30.1 Å². The van der Waals surface area contributed by atoms with E-state index in [1.807, 2.05) is 12.4 Å². The van der Waals surface area contributed by atoms with Crippen LogP contribution in [0.15, 0.2) is 24.5 Å². The van der Waals surface area contributed by atoms with Crippen LogP contribution in [0.1, 0.15) is 24.9 Å². The number of nitrogens with two attached hydrogens (primary N) is 1. The Balaban J connectivity index is 1.95. The third-order valence-corrected chi connectivity index (χ3v) is 3.70. The van der Waals surface area contributed by atoms with Gasteiger partial charge in [0.15, 0.2) is 0 Å². The third-order valence-electron chi connectivity index (χ3n) is 3.70. The average molecular weight is 248 g/mol. The second-order valence-corrected chi connectivity index (χ2v) is 4.91. The maximum Gasteiger partial charge on any atom is 0.0472 e. The largest absolute Gasteiger partial charge is 0.329 e. The van der Waals surface area contributed by atoms with E-state index in [-0.39, 0.29) is 0 Å². The van der Waals surface area contributed by atoms with Crippen molar-refractivity contribution in [1.29, 1.82) is 0 Å². The Morgan fingerprint density at radius 1 is 1.22 bits per heavy atom. The summed E-state index contributed by atoms with van der Waals surface area (Å²) in [5.41, 5.74) is 7.24. The van der Waals surface area contributed by atoms with Crippen LogP contribution in [0, 0.1) is 0 Å². The quantitative estimate of drug-likeness (QED) is 0.848. The number of rotatable bonds is 5. The van der Waals surface area contributed by atoms with Gasteiger partial charge in [-0.15, -0.1) is 0 Å². The average Bonchev–Trinajstić information content (AvgIpc) is 2.43. The molecule has 0 spiro atoms. The number of hydrogen-bond acceptors (Lipinski definition) is 4. The van der Waals surface area contributed by atoms with Crippen LogP contribution >= 0.6 is 0 Å². The Hall–Kier alpha value is -0.970. The van der Waals surface area contributed by atoms with Gasteiger partial charge in [0.25, 0.3) is 0 Å². The standard InChI is InChI=1S/C14H24N4/c1-2-7-17-8-10-18(11-9-17)14(12-15)13-3-5-16-6-4-13/h3-6,14H,2,7-12,15H2,1H3. The molecule has 0 radical (unpaired) electrons. The van der Waals surface area contributed by atoms with Gasteiger partial charge in [0.2, 0.25) is 0 Å². The lowest BCUT2D eigenvalue weighted by Crippen LogP contribution is -2.49. The molecule has 0 aromatic carbocycles. The van der Waals surface area contributed by atoms with Gasteiger partial charge in [0, 0.05) is 51.2 Å². The first kappa shape index (κ1) is 13.5. The highest BCUT2D eigenvalue weighted by Gasteiger charge is 2.23. The minimum Gasteiger partial charge on any atom is -0.329 e. The van der Waals surface area contributed by atoms with Crippen molar-refractivity contribution in [2.24, 2.45) is 5.73 Å².